The Morgan fingerprint density at radius 3 is 3.12 bits per heavy atom. The maximum atomic E-state index is 13.6. The maximum absolute atomic E-state index is 13.6. The molecule has 0 aliphatic carbocycles. The third-order valence-electron chi connectivity index (χ3n) is 3.94. The molecule has 2 atom stereocenters. The number of rotatable bonds is 5. The third kappa shape index (κ3) is 3.73. The summed E-state index contributed by atoms with van der Waals surface area (Å²) < 4.78 is 26.3. The Hall–Kier alpha value is -2.41. The molecule has 1 fully saturated rings. The Labute approximate surface area is 139 Å². The van der Waals surface area contributed by atoms with Crippen molar-refractivity contribution in [3.8, 4) is 5.75 Å². The lowest BCUT2D eigenvalue weighted by atomic mass is 10.1. The van der Waals surface area contributed by atoms with Crippen LogP contribution in [0.25, 0.3) is 0 Å². The number of benzene rings is 1. The molecule has 7 heteroatoms. The van der Waals surface area contributed by atoms with Gasteiger partial charge >= 0.3 is 0 Å². The number of nitrogens with one attached hydrogen (secondary N) is 1. The van der Waals surface area contributed by atoms with Crippen LogP contribution in [0.5, 0.6) is 5.75 Å². The number of halogens is 1. The van der Waals surface area contributed by atoms with Gasteiger partial charge in [-0.15, -0.1) is 0 Å². The summed E-state index contributed by atoms with van der Waals surface area (Å²) >= 11 is 0. The summed E-state index contributed by atoms with van der Waals surface area (Å²) in [6.45, 7) is 2.16. The van der Waals surface area contributed by atoms with Gasteiger partial charge in [0.15, 0.2) is 18.2 Å². The molecule has 2 aromatic rings. The molecular formula is C17H20FN3O3. The van der Waals surface area contributed by atoms with Gasteiger partial charge in [0.1, 0.15) is 6.10 Å². The van der Waals surface area contributed by atoms with Crippen LogP contribution in [0, 0.1) is 12.7 Å². The van der Waals surface area contributed by atoms with Gasteiger partial charge in [0, 0.05) is 25.4 Å². The number of carbonyl (C=O) groups is 1. The first-order chi connectivity index (χ1) is 11.5. The quantitative estimate of drug-likeness (QED) is 0.907. The van der Waals surface area contributed by atoms with E-state index in [9.17, 15) is 9.18 Å². The van der Waals surface area contributed by atoms with Gasteiger partial charge in [-0.3, -0.25) is 9.48 Å². The average molecular weight is 333 g/mol. The summed E-state index contributed by atoms with van der Waals surface area (Å²) in [7, 11) is 1.83. The highest BCUT2D eigenvalue weighted by molar-refractivity contribution is 5.78. The zero-order valence-corrected chi connectivity index (χ0v) is 13.7. The number of aryl methyl sites for hydroxylation is 2. The van der Waals surface area contributed by atoms with Crippen LogP contribution in [0.1, 0.15) is 23.7 Å². The second kappa shape index (κ2) is 7.00. The predicted octanol–water partition coefficient (Wildman–Crippen LogP) is 1.89. The normalized spacial score (nSPS) is 20.1. The number of aromatic nitrogens is 2. The lowest BCUT2D eigenvalue weighted by molar-refractivity contribution is -0.124. The van der Waals surface area contributed by atoms with Crippen molar-refractivity contribution in [1.82, 2.24) is 15.1 Å². The summed E-state index contributed by atoms with van der Waals surface area (Å²) in [5.74, 6) is -0.706. The summed E-state index contributed by atoms with van der Waals surface area (Å²) in [4.78, 5) is 12.1. The number of hydrogen-bond donors (Lipinski definition) is 1. The van der Waals surface area contributed by atoms with E-state index in [0.717, 1.165) is 11.1 Å². The molecule has 0 saturated carbocycles. The van der Waals surface area contributed by atoms with Crippen molar-refractivity contribution in [1.29, 1.82) is 0 Å². The Bertz CT molecular complexity index is 732. The van der Waals surface area contributed by atoms with E-state index in [1.54, 1.807) is 23.0 Å². The molecule has 0 radical (unpaired) electrons. The van der Waals surface area contributed by atoms with Gasteiger partial charge in [0.2, 0.25) is 0 Å². The van der Waals surface area contributed by atoms with Crippen molar-refractivity contribution in [3.63, 3.8) is 0 Å². The zero-order chi connectivity index (χ0) is 17.1. The monoisotopic (exact) mass is 333 g/mol. The van der Waals surface area contributed by atoms with Crippen LogP contribution in [0.15, 0.2) is 30.6 Å². The maximum Gasteiger partial charge on any atom is 0.258 e. The van der Waals surface area contributed by atoms with Gasteiger partial charge in [0.05, 0.1) is 12.2 Å². The Morgan fingerprint density at radius 2 is 2.38 bits per heavy atom. The van der Waals surface area contributed by atoms with Crippen LogP contribution >= 0.6 is 0 Å². The second-order valence-corrected chi connectivity index (χ2v) is 5.92. The van der Waals surface area contributed by atoms with Gasteiger partial charge in [-0.2, -0.15) is 5.10 Å². The molecule has 1 aliphatic rings. The van der Waals surface area contributed by atoms with E-state index in [2.05, 4.69) is 10.4 Å². The molecule has 1 amide bonds. The largest absolute Gasteiger partial charge is 0.481 e. The lowest BCUT2D eigenvalue weighted by Gasteiger charge is -2.19. The van der Waals surface area contributed by atoms with Gasteiger partial charge in [-0.25, -0.2) is 4.39 Å². The van der Waals surface area contributed by atoms with Gasteiger partial charge in [-0.1, -0.05) is 6.07 Å². The molecule has 0 spiro atoms. The molecule has 24 heavy (non-hydrogen) atoms. The van der Waals surface area contributed by atoms with E-state index in [1.165, 1.54) is 6.07 Å². The number of ether oxygens (including phenoxy) is 2. The third-order valence-corrected chi connectivity index (χ3v) is 3.94. The fraction of sp³-hybridized carbons (Fsp3) is 0.412. The molecule has 6 nitrogen and oxygen atoms in total. The van der Waals surface area contributed by atoms with Crippen LogP contribution < -0.4 is 10.1 Å². The molecule has 0 unspecified atom stereocenters. The van der Waals surface area contributed by atoms with Crippen LogP contribution in [-0.2, 0) is 16.6 Å². The van der Waals surface area contributed by atoms with Crippen molar-refractivity contribution < 1.29 is 18.7 Å². The Balaban J connectivity index is 1.57. The number of hydrogen-bond acceptors (Lipinski definition) is 4. The highest BCUT2D eigenvalue weighted by Gasteiger charge is 2.31. The Morgan fingerprint density at radius 1 is 1.54 bits per heavy atom. The van der Waals surface area contributed by atoms with Gasteiger partial charge < -0.3 is 14.8 Å². The second-order valence-electron chi connectivity index (χ2n) is 5.92. The predicted molar refractivity (Wildman–Crippen MR) is 85.1 cm³/mol. The molecule has 1 aromatic heterocycles. The van der Waals surface area contributed by atoms with Crippen LogP contribution in [0.3, 0.4) is 0 Å². The highest BCUT2D eigenvalue weighted by atomic mass is 19.1. The smallest absolute Gasteiger partial charge is 0.258 e. The molecule has 1 N–H and O–H groups in total. The SMILES string of the molecule is Cc1ccc(F)c(OCC(=O)N[C@H]2CCO[C@@H]2c2cnn(C)c2)c1. The highest BCUT2D eigenvalue weighted by Crippen LogP contribution is 2.28. The molecule has 1 saturated heterocycles. The van der Waals surface area contributed by atoms with E-state index in [1.807, 2.05) is 20.2 Å². The van der Waals surface area contributed by atoms with Crippen LogP contribution in [0.4, 0.5) is 4.39 Å². The molecule has 128 valence electrons. The minimum Gasteiger partial charge on any atom is -0.481 e. The van der Waals surface area contributed by atoms with E-state index >= 15 is 0 Å². The van der Waals surface area contributed by atoms with Crippen molar-refractivity contribution in [2.75, 3.05) is 13.2 Å². The fourth-order valence-corrected chi connectivity index (χ4v) is 2.77. The van der Waals surface area contributed by atoms with Crippen molar-refractivity contribution in [3.05, 3.63) is 47.5 Å². The summed E-state index contributed by atoms with van der Waals surface area (Å²) in [5, 5.41) is 7.02. The summed E-state index contributed by atoms with van der Waals surface area (Å²) in [6, 6.07) is 4.40. The minimum atomic E-state index is -0.481. The molecular weight excluding hydrogens is 313 g/mol. The zero-order valence-electron chi connectivity index (χ0n) is 13.7. The molecule has 0 bridgehead atoms. The van der Waals surface area contributed by atoms with Gasteiger partial charge in [-0.05, 0) is 31.0 Å². The molecule has 3 rings (SSSR count). The first-order valence-electron chi connectivity index (χ1n) is 7.81. The van der Waals surface area contributed by atoms with Crippen molar-refractivity contribution in [2.45, 2.75) is 25.5 Å². The first-order valence-corrected chi connectivity index (χ1v) is 7.81. The fourth-order valence-electron chi connectivity index (χ4n) is 2.77. The molecule has 1 aromatic carbocycles. The van der Waals surface area contributed by atoms with E-state index < -0.39 is 5.82 Å². The van der Waals surface area contributed by atoms with Crippen LogP contribution in [-0.4, -0.2) is 34.9 Å². The van der Waals surface area contributed by atoms with Gasteiger partial charge in [0.25, 0.3) is 5.91 Å². The average Bonchev–Trinajstić information content (AvgIpc) is 3.17. The minimum absolute atomic E-state index is 0.0802. The lowest BCUT2D eigenvalue weighted by Crippen LogP contribution is -2.39. The molecule has 2 heterocycles. The standard InChI is InChI=1S/C17H20FN3O3/c1-11-3-4-13(18)15(7-11)24-10-16(22)20-14-5-6-23-17(14)12-8-19-21(2)9-12/h3-4,7-9,14,17H,5-6,10H2,1-2H3,(H,20,22)/t14-,17+/m0/s1. The summed E-state index contributed by atoms with van der Waals surface area (Å²) in [6.07, 6.45) is 4.09. The van der Waals surface area contributed by atoms with E-state index in [-0.39, 0.29) is 30.4 Å². The molecule has 1 aliphatic heterocycles. The van der Waals surface area contributed by atoms with E-state index in [4.69, 9.17) is 9.47 Å². The number of nitrogens with zero attached hydrogens (tertiary/aromatic N) is 2. The first kappa shape index (κ1) is 16.4. The number of amides is 1. The van der Waals surface area contributed by atoms with Crippen molar-refractivity contribution in [2.24, 2.45) is 7.05 Å². The number of carbonyl (C=O) groups excluding carboxylic acids is 1. The van der Waals surface area contributed by atoms with E-state index in [0.29, 0.717) is 13.0 Å². The van der Waals surface area contributed by atoms with Crippen LogP contribution in [0.2, 0.25) is 0 Å². The Kier molecular flexibility index (Phi) is 4.80. The topological polar surface area (TPSA) is 65.4 Å². The summed E-state index contributed by atoms with van der Waals surface area (Å²) in [5.41, 5.74) is 1.79. The van der Waals surface area contributed by atoms with Crippen molar-refractivity contribution >= 4 is 5.91 Å².